The van der Waals surface area contributed by atoms with E-state index in [0.29, 0.717) is 12.1 Å². The topological polar surface area (TPSA) is 55.1 Å². The summed E-state index contributed by atoms with van der Waals surface area (Å²) in [7, 11) is 0. The minimum atomic E-state index is -0.0293. The van der Waals surface area contributed by atoms with Crippen molar-refractivity contribution in [2.75, 3.05) is 5.73 Å². The molecule has 0 saturated heterocycles. The fraction of sp³-hybridized carbons (Fsp3) is 0.188. The Morgan fingerprint density at radius 3 is 2.50 bits per heavy atom. The molecule has 1 amide bonds. The predicted molar refractivity (Wildman–Crippen MR) is 85.3 cm³/mol. The number of rotatable bonds is 4. The summed E-state index contributed by atoms with van der Waals surface area (Å²) in [4.78, 5) is 12.0. The third-order valence-electron chi connectivity index (χ3n) is 3.15. The van der Waals surface area contributed by atoms with Crippen LogP contribution in [0.4, 0.5) is 5.69 Å². The van der Waals surface area contributed by atoms with E-state index in [1.165, 1.54) is 0 Å². The molecule has 0 saturated carbocycles. The average molecular weight is 333 g/mol. The van der Waals surface area contributed by atoms with E-state index in [1.54, 1.807) is 6.07 Å². The molecular weight excluding hydrogens is 316 g/mol. The normalized spacial score (nSPS) is 11.9. The molecular formula is C16H17BrN2O. The molecule has 1 atom stereocenters. The maximum Gasteiger partial charge on any atom is 0.224 e. The summed E-state index contributed by atoms with van der Waals surface area (Å²) in [5, 5.41) is 2.98. The zero-order valence-corrected chi connectivity index (χ0v) is 12.9. The van der Waals surface area contributed by atoms with Gasteiger partial charge in [-0.1, -0.05) is 46.3 Å². The van der Waals surface area contributed by atoms with E-state index in [1.807, 2.05) is 49.4 Å². The number of carbonyl (C=O) groups is 1. The molecule has 2 aromatic carbocycles. The van der Waals surface area contributed by atoms with Gasteiger partial charge in [-0.3, -0.25) is 4.79 Å². The maximum absolute atomic E-state index is 12.0. The molecule has 0 radical (unpaired) electrons. The molecule has 0 heterocycles. The van der Waals surface area contributed by atoms with Crippen LogP contribution >= 0.6 is 15.9 Å². The van der Waals surface area contributed by atoms with Crippen LogP contribution in [-0.2, 0) is 11.2 Å². The Balaban J connectivity index is 1.98. The van der Waals surface area contributed by atoms with Gasteiger partial charge in [-0.15, -0.1) is 0 Å². The van der Waals surface area contributed by atoms with Crippen LogP contribution < -0.4 is 11.1 Å². The molecule has 3 nitrogen and oxygen atoms in total. The van der Waals surface area contributed by atoms with E-state index in [4.69, 9.17) is 5.73 Å². The van der Waals surface area contributed by atoms with Crippen LogP contribution in [0.3, 0.4) is 0 Å². The lowest BCUT2D eigenvalue weighted by atomic mass is 10.1. The SMILES string of the molecule is C[C@@H](NC(=O)Cc1ccccc1N)c1ccc(Br)cc1. The summed E-state index contributed by atoms with van der Waals surface area (Å²) in [6.45, 7) is 1.97. The molecule has 0 aliphatic heterocycles. The highest BCUT2D eigenvalue weighted by molar-refractivity contribution is 9.10. The third kappa shape index (κ3) is 3.84. The summed E-state index contributed by atoms with van der Waals surface area (Å²) in [5.74, 6) is -0.0293. The van der Waals surface area contributed by atoms with E-state index in [9.17, 15) is 4.79 Å². The Bertz CT molecular complexity index is 596. The van der Waals surface area contributed by atoms with E-state index in [2.05, 4.69) is 21.2 Å². The number of nitrogens with two attached hydrogens (primary N) is 1. The van der Waals surface area contributed by atoms with Gasteiger partial charge in [-0.2, -0.15) is 0 Å². The first-order valence-corrected chi connectivity index (χ1v) is 7.24. The van der Waals surface area contributed by atoms with Crippen molar-refractivity contribution >= 4 is 27.5 Å². The number of carbonyl (C=O) groups excluding carboxylic acids is 1. The standard InChI is InChI=1S/C16H17BrN2O/c1-11(12-6-8-14(17)9-7-12)19-16(20)10-13-4-2-3-5-15(13)18/h2-9,11H,10,18H2,1H3,(H,19,20)/t11-/m1/s1. The summed E-state index contributed by atoms with van der Waals surface area (Å²) in [6.07, 6.45) is 0.299. The number of anilines is 1. The second-order valence-corrected chi connectivity index (χ2v) is 5.63. The van der Waals surface area contributed by atoms with E-state index < -0.39 is 0 Å². The first-order chi connectivity index (χ1) is 9.56. The van der Waals surface area contributed by atoms with Gasteiger partial charge in [0.15, 0.2) is 0 Å². The minimum Gasteiger partial charge on any atom is -0.398 e. The molecule has 2 rings (SSSR count). The van der Waals surface area contributed by atoms with Crippen LogP contribution in [0.25, 0.3) is 0 Å². The van der Waals surface area contributed by atoms with Crippen LogP contribution in [0.2, 0.25) is 0 Å². The summed E-state index contributed by atoms with van der Waals surface area (Å²) < 4.78 is 1.02. The fourth-order valence-electron chi connectivity index (χ4n) is 2.00. The summed E-state index contributed by atoms with van der Waals surface area (Å²) in [5.41, 5.74) is 8.42. The Labute approximate surface area is 127 Å². The van der Waals surface area contributed by atoms with Gasteiger partial charge < -0.3 is 11.1 Å². The molecule has 2 aromatic rings. The quantitative estimate of drug-likeness (QED) is 0.842. The van der Waals surface area contributed by atoms with Crippen LogP contribution in [0, 0.1) is 0 Å². The Kier molecular flexibility index (Phi) is 4.79. The number of nitrogen functional groups attached to an aromatic ring is 1. The number of halogens is 1. The van der Waals surface area contributed by atoms with Crippen LogP contribution in [-0.4, -0.2) is 5.91 Å². The molecule has 0 aromatic heterocycles. The monoisotopic (exact) mass is 332 g/mol. The minimum absolute atomic E-state index is 0.0273. The number of nitrogens with one attached hydrogen (secondary N) is 1. The summed E-state index contributed by atoms with van der Waals surface area (Å²) >= 11 is 3.40. The molecule has 0 aliphatic rings. The molecule has 0 aliphatic carbocycles. The average Bonchev–Trinajstić information content (AvgIpc) is 2.42. The first-order valence-electron chi connectivity index (χ1n) is 6.44. The zero-order chi connectivity index (χ0) is 14.5. The molecule has 3 N–H and O–H groups in total. The zero-order valence-electron chi connectivity index (χ0n) is 11.3. The molecule has 0 unspecified atom stereocenters. The number of benzene rings is 2. The van der Waals surface area contributed by atoms with Gasteiger partial charge >= 0.3 is 0 Å². The summed E-state index contributed by atoms with van der Waals surface area (Å²) in [6, 6.07) is 15.3. The Hall–Kier alpha value is -1.81. The van der Waals surface area contributed by atoms with Gasteiger partial charge in [0.1, 0.15) is 0 Å². The molecule has 20 heavy (non-hydrogen) atoms. The lowest BCUT2D eigenvalue weighted by Crippen LogP contribution is -2.28. The lowest BCUT2D eigenvalue weighted by molar-refractivity contribution is -0.121. The second-order valence-electron chi connectivity index (χ2n) is 4.72. The molecule has 0 bridgehead atoms. The van der Waals surface area contributed by atoms with E-state index >= 15 is 0 Å². The number of hydrogen-bond acceptors (Lipinski definition) is 2. The van der Waals surface area contributed by atoms with E-state index in [0.717, 1.165) is 15.6 Å². The number of para-hydroxylation sites is 1. The van der Waals surface area contributed by atoms with Crippen molar-refractivity contribution in [2.45, 2.75) is 19.4 Å². The fourth-order valence-corrected chi connectivity index (χ4v) is 2.26. The van der Waals surface area contributed by atoms with Crippen LogP contribution in [0.1, 0.15) is 24.1 Å². The van der Waals surface area contributed by atoms with Crippen LogP contribution in [0.15, 0.2) is 53.0 Å². The van der Waals surface area contributed by atoms with Gasteiger partial charge in [0, 0.05) is 10.2 Å². The van der Waals surface area contributed by atoms with Gasteiger partial charge in [-0.05, 0) is 36.2 Å². The second kappa shape index (κ2) is 6.57. The van der Waals surface area contributed by atoms with Crippen molar-refractivity contribution in [3.63, 3.8) is 0 Å². The maximum atomic E-state index is 12.0. The first kappa shape index (κ1) is 14.6. The van der Waals surface area contributed by atoms with Gasteiger partial charge in [0.05, 0.1) is 12.5 Å². The van der Waals surface area contributed by atoms with Crippen molar-refractivity contribution in [3.8, 4) is 0 Å². The highest BCUT2D eigenvalue weighted by atomic mass is 79.9. The van der Waals surface area contributed by atoms with Crippen molar-refractivity contribution in [1.82, 2.24) is 5.32 Å². The molecule has 0 fully saturated rings. The van der Waals surface area contributed by atoms with Gasteiger partial charge in [0.25, 0.3) is 0 Å². The highest BCUT2D eigenvalue weighted by Crippen LogP contribution is 2.17. The van der Waals surface area contributed by atoms with Crippen LogP contribution in [0.5, 0.6) is 0 Å². The third-order valence-corrected chi connectivity index (χ3v) is 3.68. The smallest absolute Gasteiger partial charge is 0.224 e. The lowest BCUT2D eigenvalue weighted by Gasteiger charge is -2.15. The largest absolute Gasteiger partial charge is 0.398 e. The van der Waals surface area contributed by atoms with Crippen molar-refractivity contribution in [3.05, 3.63) is 64.1 Å². The highest BCUT2D eigenvalue weighted by Gasteiger charge is 2.11. The van der Waals surface area contributed by atoms with Crippen molar-refractivity contribution in [1.29, 1.82) is 0 Å². The Morgan fingerprint density at radius 1 is 1.20 bits per heavy atom. The molecule has 4 heteroatoms. The van der Waals surface area contributed by atoms with E-state index in [-0.39, 0.29) is 11.9 Å². The molecule has 0 spiro atoms. The molecule has 104 valence electrons. The van der Waals surface area contributed by atoms with Crippen molar-refractivity contribution < 1.29 is 4.79 Å². The van der Waals surface area contributed by atoms with Gasteiger partial charge in [-0.25, -0.2) is 0 Å². The number of hydrogen-bond donors (Lipinski definition) is 2. The van der Waals surface area contributed by atoms with Crippen molar-refractivity contribution in [2.24, 2.45) is 0 Å². The van der Waals surface area contributed by atoms with Gasteiger partial charge in [0.2, 0.25) is 5.91 Å². The Morgan fingerprint density at radius 2 is 1.85 bits per heavy atom. The number of amides is 1. The predicted octanol–water partition coefficient (Wildman–Crippen LogP) is 3.45.